The average molecular weight is 295 g/mol. The summed E-state index contributed by atoms with van der Waals surface area (Å²) < 4.78 is 13.5. The molecule has 1 heterocycles. The van der Waals surface area contributed by atoms with Crippen molar-refractivity contribution in [2.24, 2.45) is 0 Å². The van der Waals surface area contributed by atoms with E-state index in [2.05, 4.69) is 10.6 Å². The molecule has 0 radical (unpaired) electrons. The van der Waals surface area contributed by atoms with Gasteiger partial charge in [0, 0.05) is 13.6 Å². The fourth-order valence-electron chi connectivity index (χ4n) is 2.12. The van der Waals surface area contributed by atoms with Crippen LogP contribution in [0.4, 0.5) is 14.9 Å². The summed E-state index contributed by atoms with van der Waals surface area (Å²) in [4.78, 5) is 35.9. The highest BCUT2D eigenvalue weighted by atomic mass is 19.1. The quantitative estimate of drug-likeness (QED) is 0.770. The van der Waals surface area contributed by atoms with E-state index in [0.717, 1.165) is 6.07 Å². The van der Waals surface area contributed by atoms with Crippen molar-refractivity contribution in [3.05, 3.63) is 29.6 Å². The summed E-state index contributed by atoms with van der Waals surface area (Å²) >= 11 is 0. The molecule has 1 aliphatic rings. The molecule has 0 spiro atoms. The first kappa shape index (κ1) is 14.8. The van der Waals surface area contributed by atoms with Crippen molar-refractivity contribution in [2.45, 2.75) is 12.5 Å². The van der Waals surface area contributed by atoms with Crippen LogP contribution in [0.1, 0.15) is 16.8 Å². The molecule has 3 N–H and O–H groups in total. The van der Waals surface area contributed by atoms with E-state index in [-0.39, 0.29) is 11.6 Å². The first-order valence-corrected chi connectivity index (χ1v) is 6.24. The third kappa shape index (κ3) is 3.10. The number of carbonyl (C=O) groups is 3. The number of rotatable bonds is 3. The lowest BCUT2D eigenvalue weighted by atomic mass is 10.1. The third-order valence-electron chi connectivity index (χ3n) is 3.21. The molecule has 1 fully saturated rings. The Balaban J connectivity index is 2.09. The van der Waals surface area contributed by atoms with Crippen LogP contribution in [0.15, 0.2) is 18.2 Å². The minimum absolute atomic E-state index is 0.168. The Morgan fingerprint density at radius 3 is 2.71 bits per heavy atom. The average Bonchev–Trinajstić information content (AvgIpc) is 2.70. The summed E-state index contributed by atoms with van der Waals surface area (Å²) in [5.41, 5.74) is -0.790. The number of carboxylic acid groups (broad SMARTS) is 1. The van der Waals surface area contributed by atoms with Crippen molar-refractivity contribution in [2.75, 3.05) is 18.9 Å². The van der Waals surface area contributed by atoms with Gasteiger partial charge in [0.05, 0.1) is 5.69 Å². The molecule has 8 heteroatoms. The first-order valence-electron chi connectivity index (χ1n) is 6.24. The number of carboxylic acids is 1. The highest BCUT2D eigenvalue weighted by Gasteiger charge is 2.30. The molecule has 0 saturated carbocycles. The zero-order chi connectivity index (χ0) is 15.6. The van der Waals surface area contributed by atoms with Gasteiger partial charge in [-0.25, -0.2) is 14.0 Å². The largest absolute Gasteiger partial charge is 0.478 e. The normalized spacial score (nSPS) is 17.7. The van der Waals surface area contributed by atoms with Crippen LogP contribution in [0.3, 0.4) is 0 Å². The second kappa shape index (κ2) is 5.78. The number of benzene rings is 1. The number of nitrogens with one attached hydrogen (secondary N) is 2. The Labute approximate surface area is 119 Å². The van der Waals surface area contributed by atoms with Crippen LogP contribution in [-0.2, 0) is 4.79 Å². The molecule has 1 saturated heterocycles. The van der Waals surface area contributed by atoms with Crippen molar-refractivity contribution in [1.82, 2.24) is 10.2 Å². The second-order valence-electron chi connectivity index (χ2n) is 4.67. The van der Waals surface area contributed by atoms with Crippen LogP contribution in [0.25, 0.3) is 0 Å². The number of likely N-dealkylation sites (tertiary alicyclic amines) is 1. The van der Waals surface area contributed by atoms with Gasteiger partial charge in [0.1, 0.15) is 17.4 Å². The van der Waals surface area contributed by atoms with Crippen molar-refractivity contribution in [1.29, 1.82) is 0 Å². The minimum Gasteiger partial charge on any atom is -0.478 e. The standard InChI is InChI=1S/C13H14FN3O4/c1-17-6-5-9(11(17)18)16-13(21)15-8-4-2-3-7(14)10(8)12(19)20/h2-4,9H,5-6H2,1H3,(H,19,20)(H2,15,16,21). The van der Waals surface area contributed by atoms with Crippen LogP contribution < -0.4 is 10.6 Å². The number of anilines is 1. The number of nitrogens with zero attached hydrogens (tertiary/aromatic N) is 1. The number of aromatic carboxylic acids is 1. The molecule has 1 aromatic carbocycles. The molecule has 2 rings (SSSR count). The molecule has 3 amide bonds. The fourth-order valence-corrected chi connectivity index (χ4v) is 2.12. The predicted octanol–water partition coefficient (Wildman–Crippen LogP) is 0.876. The topological polar surface area (TPSA) is 98.7 Å². The molecule has 1 unspecified atom stereocenters. The van der Waals surface area contributed by atoms with Crippen LogP contribution >= 0.6 is 0 Å². The first-order chi connectivity index (χ1) is 9.90. The van der Waals surface area contributed by atoms with Crippen molar-refractivity contribution in [3.63, 3.8) is 0 Å². The summed E-state index contributed by atoms with van der Waals surface area (Å²) in [6.07, 6.45) is 0.470. The molecule has 21 heavy (non-hydrogen) atoms. The fraction of sp³-hybridized carbons (Fsp3) is 0.308. The summed E-state index contributed by atoms with van der Waals surface area (Å²) in [6, 6.07) is 2.14. The Kier molecular flexibility index (Phi) is 4.06. The minimum atomic E-state index is -1.49. The van der Waals surface area contributed by atoms with E-state index in [1.54, 1.807) is 7.05 Å². The van der Waals surface area contributed by atoms with Crippen molar-refractivity contribution in [3.8, 4) is 0 Å². The maximum absolute atomic E-state index is 13.5. The number of hydrogen-bond acceptors (Lipinski definition) is 3. The Morgan fingerprint density at radius 2 is 2.14 bits per heavy atom. The molecular formula is C13H14FN3O4. The monoisotopic (exact) mass is 295 g/mol. The molecule has 0 bridgehead atoms. The van der Waals surface area contributed by atoms with Crippen LogP contribution in [0, 0.1) is 5.82 Å². The van der Waals surface area contributed by atoms with E-state index < -0.39 is 29.4 Å². The number of likely N-dealkylation sites (N-methyl/N-ethyl adjacent to an activating group) is 1. The Morgan fingerprint density at radius 1 is 1.43 bits per heavy atom. The van der Waals surface area contributed by atoms with Gasteiger partial charge in [-0.05, 0) is 18.6 Å². The van der Waals surface area contributed by atoms with Crippen molar-refractivity contribution >= 4 is 23.6 Å². The van der Waals surface area contributed by atoms with Crippen molar-refractivity contribution < 1.29 is 23.9 Å². The van der Waals surface area contributed by atoms with E-state index in [1.165, 1.54) is 17.0 Å². The highest BCUT2D eigenvalue weighted by molar-refractivity contribution is 6.01. The SMILES string of the molecule is CN1CCC(NC(=O)Nc2cccc(F)c2C(=O)O)C1=O. The van der Waals surface area contributed by atoms with Gasteiger partial charge in [0.25, 0.3) is 0 Å². The van der Waals surface area contributed by atoms with E-state index >= 15 is 0 Å². The van der Waals surface area contributed by atoms with E-state index in [4.69, 9.17) is 5.11 Å². The highest BCUT2D eigenvalue weighted by Crippen LogP contribution is 2.19. The van der Waals surface area contributed by atoms with Crippen LogP contribution in [0.2, 0.25) is 0 Å². The predicted molar refractivity (Wildman–Crippen MR) is 71.6 cm³/mol. The number of amides is 3. The molecule has 0 aliphatic carbocycles. The lowest BCUT2D eigenvalue weighted by Crippen LogP contribution is -2.42. The summed E-state index contributed by atoms with van der Waals surface area (Å²) in [6.45, 7) is 0.532. The lowest BCUT2D eigenvalue weighted by molar-refractivity contribution is -0.128. The third-order valence-corrected chi connectivity index (χ3v) is 3.21. The summed E-state index contributed by atoms with van der Waals surface area (Å²) in [7, 11) is 1.62. The van der Waals surface area contributed by atoms with Crippen LogP contribution in [-0.4, -0.2) is 47.5 Å². The number of hydrogen-bond donors (Lipinski definition) is 3. The van der Waals surface area contributed by atoms with Gasteiger partial charge in [0.2, 0.25) is 5.91 Å². The number of carbonyl (C=O) groups excluding carboxylic acids is 2. The van der Waals surface area contributed by atoms with Gasteiger partial charge in [-0.2, -0.15) is 0 Å². The molecule has 1 aromatic rings. The van der Waals surface area contributed by atoms with E-state index in [1.807, 2.05) is 0 Å². The maximum Gasteiger partial charge on any atom is 0.340 e. The van der Waals surface area contributed by atoms with E-state index in [9.17, 15) is 18.8 Å². The van der Waals surface area contributed by atoms with Gasteiger partial charge in [0.15, 0.2) is 0 Å². The zero-order valence-corrected chi connectivity index (χ0v) is 11.2. The number of halogens is 1. The number of urea groups is 1. The smallest absolute Gasteiger partial charge is 0.340 e. The second-order valence-corrected chi connectivity index (χ2v) is 4.67. The van der Waals surface area contributed by atoms with Gasteiger partial charge in [-0.15, -0.1) is 0 Å². The van der Waals surface area contributed by atoms with Crippen LogP contribution in [0.5, 0.6) is 0 Å². The summed E-state index contributed by atoms with van der Waals surface area (Å²) in [5, 5.41) is 13.6. The van der Waals surface area contributed by atoms with Gasteiger partial charge < -0.3 is 20.6 Å². The van der Waals surface area contributed by atoms with Gasteiger partial charge in [-0.1, -0.05) is 6.07 Å². The summed E-state index contributed by atoms with van der Waals surface area (Å²) in [5.74, 6) is -2.65. The maximum atomic E-state index is 13.5. The Hall–Kier alpha value is -2.64. The molecular weight excluding hydrogens is 281 g/mol. The van der Waals surface area contributed by atoms with Gasteiger partial charge >= 0.3 is 12.0 Å². The lowest BCUT2D eigenvalue weighted by Gasteiger charge is -2.14. The molecule has 0 aromatic heterocycles. The zero-order valence-electron chi connectivity index (χ0n) is 11.2. The molecule has 1 atom stereocenters. The molecule has 112 valence electrons. The molecule has 7 nitrogen and oxygen atoms in total. The van der Waals surface area contributed by atoms with Gasteiger partial charge in [-0.3, -0.25) is 4.79 Å². The van der Waals surface area contributed by atoms with E-state index in [0.29, 0.717) is 13.0 Å². The molecule has 1 aliphatic heterocycles. The Bertz CT molecular complexity index is 605.